The Labute approximate surface area is 83.1 Å². The first-order valence-electron chi connectivity index (χ1n) is 4.61. The van der Waals surface area contributed by atoms with E-state index in [1.165, 1.54) is 4.90 Å². The third-order valence-electron chi connectivity index (χ3n) is 2.26. The molecule has 0 aromatic heterocycles. The van der Waals surface area contributed by atoms with Crippen molar-refractivity contribution in [3.8, 4) is 0 Å². The topological polar surface area (TPSA) is 69.6 Å². The summed E-state index contributed by atoms with van der Waals surface area (Å²) >= 11 is 0. The van der Waals surface area contributed by atoms with E-state index in [1.54, 1.807) is 0 Å². The highest BCUT2D eigenvalue weighted by Gasteiger charge is 2.40. The highest BCUT2D eigenvalue weighted by molar-refractivity contribution is 5.84. The van der Waals surface area contributed by atoms with Crippen LogP contribution in [0.4, 0.5) is 4.79 Å². The Bertz CT molecular complexity index is 257. The summed E-state index contributed by atoms with van der Waals surface area (Å²) in [4.78, 5) is 23.8. The zero-order valence-corrected chi connectivity index (χ0v) is 8.70. The number of nitrogens with zero attached hydrogens (tertiary/aromatic N) is 1. The van der Waals surface area contributed by atoms with Gasteiger partial charge in [0.15, 0.2) is 0 Å². The van der Waals surface area contributed by atoms with Gasteiger partial charge < -0.3 is 15.3 Å². The number of nitrogens with one attached hydrogen (secondary N) is 1. The van der Waals surface area contributed by atoms with Gasteiger partial charge in [0.1, 0.15) is 6.04 Å². The summed E-state index contributed by atoms with van der Waals surface area (Å²) in [6.07, 6.45) is 0. The van der Waals surface area contributed by atoms with Crippen LogP contribution in [0.2, 0.25) is 0 Å². The third-order valence-corrected chi connectivity index (χ3v) is 2.26. The number of carboxylic acids is 1. The number of aliphatic carboxylic acids is 1. The van der Waals surface area contributed by atoms with Gasteiger partial charge in [0.25, 0.3) is 0 Å². The number of hydrogen-bond acceptors (Lipinski definition) is 2. The molecule has 0 aromatic rings. The van der Waals surface area contributed by atoms with Gasteiger partial charge in [0, 0.05) is 13.1 Å². The number of carbonyl (C=O) groups excluding carboxylic acids is 1. The summed E-state index contributed by atoms with van der Waals surface area (Å²) in [6, 6.07) is -1.04. The van der Waals surface area contributed by atoms with Gasteiger partial charge in [0.05, 0.1) is 0 Å². The van der Waals surface area contributed by atoms with Crippen molar-refractivity contribution < 1.29 is 14.7 Å². The van der Waals surface area contributed by atoms with Crippen LogP contribution >= 0.6 is 0 Å². The van der Waals surface area contributed by atoms with Crippen molar-refractivity contribution in [2.45, 2.75) is 26.8 Å². The lowest BCUT2D eigenvalue weighted by molar-refractivity contribution is -0.145. The summed E-state index contributed by atoms with van der Waals surface area (Å²) in [5.41, 5.74) is -0.451. The van der Waals surface area contributed by atoms with Gasteiger partial charge in [0.2, 0.25) is 0 Å². The second-order valence-corrected chi connectivity index (χ2v) is 4.53. The maximum atomic E-state index is 11.3. The Hall–Kier alpha value is -1.26. The summed E-state index contributed by atoms with van der Waals surface area (Å²) in [5.74, 6) is -0.949. The third kappa shape index (κ3) is 1.97. The van der Waals surface area contributed by atoms with Crippen LogP contribution in [-0.4, -0.2) is 41.1 Å². The first-order valence-corrected chi connectivity index (χ1v) is 4.61. The molecule has 0 saturated carbocycles. The lowest BCUT2D eigenvalue weighted by atomic mass is 9.86. The molecule has 1 atom stereocenters. The van der Waals surface area contributed by atoms with Crippen molar-refractivity contribution in [2.24, 2.45) is 5.41 Å². The molecule has 1 aliphatic heterocycles. The van der Waals surface area contributed by atoms with Crippen molar-refractivity contribution in [3.05, 3.63) is 0 Å². The molecule has 1 fully saturated rings. The first kappa shape index (κ1) is 10.8. The molecule has 0 radical (unpaired) electrons. The predicted octanol–water partition coefficient (Wildman–Crippen LogP) is 0.511. The first-order chi connectivity index (χ1) is 6.34. The van der Waals surface area contributed by atoms with E-state index < -0.39 is 17.4 Å². The quantitative estimate of drug-likeness (QED) is 0.682. The molecule has 0 bridgehead atoms. The van der Waals surface area contributed by atoms with E-state index in [9.17, 15) is 9.59 Å². The normalized spacial score (nSPS) is 19.4. The molecule has 2 N–H and O–H groups in total. The molecule has 1 rings (SSSR count). The summed E-state index contributed by atoms with van der Waals surface area (Å²) < 4.78 is 0. The maximum Gasteiger partial charge on any atom is 0.327 e. The van der Waals surface area contributed by atoms with E-state index in [-0.39, 0.29) is 6.03 Å². The Morgan fingerprint density at radius 2 is 2.14 bits per heavy atom. The second kappa shape index (κ2) is 3.48. The van der Waals surface area contributed by atoms with Crippen LogP contribution in [0.1, 0.15) is 20.8 Å². The molecule has 5 heteroatoms. The van der Waals surface area contributed by atoms with Crippen LogP contribution in [0.25, 0.3) is 0 Å². The minimum atomic E-state index is -0.949. The molecule has 1 unspecified atom stereocenters. The number of carboxylic acid groups (broad SMARTS) is 1. The van der Waals surface area contributed by atoms with Gasteiger partial charge in [-0.1, -0.05) is 20.8 Å². The monoisotopic (exact) mass is 200 g/mol. The summed E-state index contributed by atoms with van der Waals surface area (Å²) in [6.45, 7) is 6.44. The van der Waals surface area contributed by atoms with Crippen LogP contribution in [-0.2, 0) is 4.79 Å². The Kier molecular flexibility index (Phi) is 2.69. The average Bonchev–Trinajstić information content (AvgIpc) is 2.32. The van der Waals surface area contributed by atoms with Gasteiger partial charge in [-0.2, -0.15) is 0 Å². The smallest absolute Gasteiger partial charge is 0.327 e. The van der Waals surface area contributed by atoms with Gasteiger partial charge in [-0.25, -0.2) is 9.59 Å². The molecule has 80 valence electrons. The van der Waals surface area contributed by atoms with Crippen molar-refractivity contribution >= 4 is 12.0 Å². The Balaban J connectivity index is 2.88. The summed E-state index contributed by atoms with van der Waals surface area (Å²) in [5, 5.41) is 11.7. The number of hydrogen-bond donors (Lipinski definition) is 2. The van der Waals surface area contributed by atoms with Crippen molar-refractivity contribution in [1.29, 1.82) is 0 Å². The number of rotatable bonds is 2. The largest absolute Gasteiger partial charge is 0.480 e. The molecule has 0 aromatic carbocycles. The zero-order chi connectivity index (χ0) is 10.9. The van der Waals surface area contributed by atoms with Crippen molar-refractivity contribution in [3.63, 3.8) is 0 Å². The van der Waals surface area contributed by atoms with Crippen molar-refractivity contribution in [1.82, 2.24) is 10.2 Å². The van der Waals surface area contributed by atoms with Gasteiger partial charge in [-0.15, -0.1) is 0 Å². The lowest BCUT2D eigenvalue weighted by Crippen LogP contribution is -2.50. The maximum absolute atomic E-state index is 11.3. The Morgan fingerprint density at radius 3 is 2.43 bits per heavy atom. The predicted molar refractivity (Wildman–Crippen MR) is 51.0 cm³/mol. The average molecular weight is 200 g/mol. The lowest BCUT2D eigenvalue weighted by Gasteiger charge is -2.33. The van der Waals surface area contributed by atoms with E-state index >= 15 is 0 Å². The van der Waals surface area contributed by atoms with Crippen LogP contribution in [0.5, 0.6) is 0 Å². The molecule has 1 saturated heterocycles. The molecular weight excluding hydrogens is 184 g/mol. The SMILES string of the molecule is CC(C)(C)C(C(=O)O)N1CCNC1=O. The van der Waals surface area contributed by atoms with E-state index in [0.29, 0.717) is 13.1 Å². The number of amides is 2. The van der Waals surface area contributed by atoms with E-state index in [1.807, 2.05) is 20.8 Å². The fourth-order valence-corrected chi connectivity index (χ4v) is 1.70. The zero-order valence-electron chi connectivity index (χ0n) is 8.70. The highest BCUT2D eigenvalue weighted by Crippen LogP contribution is 2.25. The van der Waals surface area contributed by atoms with E-state index in [4.69, 9.17) is 5.11 Å². The molecule has 0 aliphatic carbocycles. The highest BCUT2D eigenvalue weighted by atomic mass is 16.4. The molecule has 0 spiro atoms. The van der Waals surface area contributed by atoms with Crippen molar-refractivity contribution in [2.75, 3.05) is 13.1 Å². The van der Waals surface area contributed by atoms with Crippen LogP contribution in [0.3, 0.4) is 0 Å². The molecular formula is C9H16N2O3. The van der Waals surface area contributed by atoms with Gasteiger partial charge in [-0.05, 0) is 5.41 Å². The van der Waals surface area contributed by atoms with E-state index in [0.717, 1.165) is 0 Å². The van der Waals surface area contributed by atoms with Crippen LogP contribution in [0.15, 0.2) is 0 Å². The molecule has 14 heavy (non-hydrogen) atoms. The molecule has 1 heterocycles. The van der Waals surface area contributed by atoms with Crippen LogP contribution in [0, 0.1) is 5.41 Å². The van der Waals surface area contributed by atoms with Gasteiger partial charge in [-0.3, -0.25) is 0 Å². The number of urea groups is 1. The summed E-state index contributed by atoms with van der Waals surface area (Å²) in [7, 11) is 0. The molecule has 2 amide bonds. The molecule has 5 nitrogen and oxygen atoms in total. The number of carbonyl (C=O) groups is 2. The fourth-order valence-electron chi connectivity index (χ4n) is 1.70. The standard InChI is InChI=1S/C9H16N2O3/c1-9(2,3)6(7(12)13)11-5-4-10-8(11)14/h6H,4-5H2,1-3H3,(H,10,14)(H,12,13). The minimum Gasteiger partial charge on any atom is -0.480 e. The minimum absolute atomic E-state index is 0.285. The van der Waals surface area contributed by atoms with Gasteiger partial charge >= 0.3 is 12.0 Å². The Morgan fingerprint density at radius 1 is 1.57 bits per heavy atom. The van der Waals surface area contributed by atoms with Crippen LogP contribution < -0.4 is 5.32 Å². The second-order valence-electron chi connectivity index (χ2n) is 4.53. The fraction of sp³-hybridized carbons (Fsp3) is 0.778. The van der Waals surface area contributed by atoms with E-state index in [2.05, 4.69) is 5.32 Å². The molecule has 1 aliphatic rings.